The Kier molecular flexibility index (Phi) is 4.34. The number of aryl methyl sites for hydroxylation is 1. The monoisotopic (exact) mass is 238 g/mol. The molecule has 0 fully saturated rings. The third-order valence-electron chi connectivity index (χ3n) is 2.70. The minimum Gasteiger partial charge on any atom is -0.465 e. The van der Waals surface area contributed by atoms with E-state index in [1.807, 2.05) is 39.8 Å². The fourth-order valence-electron chi connectivity index (χ4n) is 1.74. The molecular weight excluding hydrogens is 216 g/mol. The Labute approximate surface area is 103 Å². The number of hydrogen-bond donors (Lipinski definition) is 2. The van der Waals surface area contributed by atoms with Crippen LogP contribution in [-0.4, -0.2) is 11.9 Å². The smallest absolute Gasteiger partial charge is 0.235 e. The van der Waals surface area contributed by atoms with E-state index in [0.717, 1.165) is 17.9 Å². The molecular formula is C13H22N2O2. The molecule has 1 unspecified atom stereocenters. The van der Waals surface area contributed by atoms with E-state index in [1.165, 1.54) is 0 Å². The summed E-state index contributed by atoms with van der Waals surface area (Å²) < 4.78 is 5.56. The van der Waals surface area contributed by atoms with Crippen molar-refractivity contribution in [3.05, 3.63) is 23.7 Å². The molecule has 0 aliphatic rings. The molecule has 0 aromatic carbocycles. The largest absolute Gasteiger partial charge is 0.465 e. The van der Waals surface area contributed by atoms with Crippen molar-refractivity contribution in [2.75, 3.05) is 0 Å². The van der Waals surface area contributed by atoms with Crippen LogP contribution in [0.15, 0.2) is 16.5 Å². The molecule has 96 valence electrons. The Balaban J connectivity index is 2.61. The van der Waals surface area contributed by atoms with Crippen LogP contribution in [0, 0.1) is 5.41 Å². The van der Waals surface area contributed by atoms with Crippen molar-refractivity contribution in [2.24, 2.45) is 11.1 Å². The Morgan fingerprint density at radius 2 is 2.00 bits per heavy atom. The highest BCUT2D eigenvalue weighted by molar-refractivity contribution is 5.80. The number of nitrogens with one attached hydrogen (secondary N) is 1. The molecule has 4 nitrogen and oxygen atoms in total. The number of furan rings is 1. The van der Waals surface area contributed by atoms with E-state index in [1.54, 1.807) is 0 Å². The molecule has 1 atom stereocenters. The van der Waals surface area contributed by atoms with Gasteiger partial charge >= 0.3 is 0 Å². The molecule has 1 rings (SSSR count). The minimum atomic E-state index is -0.363. The van der Waals surface area contributed by atoms with E-state index >= 15 is 0 Å². The Morgan fingerprint density at radius 3 is 2.41 bits per heavy atom. The predicted molar refractivity (Wildman–Crippen MR) is 67.4 cm³/mol. The first-order valence-corrected chi connectivity index (χ1v) is 5.95. The van der Waals surface area contributed by atoms with Crippen LogP contribution >= 0.6 is 0 Å². The van der Waals surface area contributed by atoms with Gasteiger partial charge in [-0.1, -0.05) is 27.7 Å². The van der Waals surface area contributed by atoms with Crippen LogP contribution in [0.2, 0.25) is 0 Å². The van der Waals surface area contributed by atoms with Gasteiger partial charge < -0.3 is 10.2 Å². The van der Waals surface area contributed by atoms with Crippen LogP contribution in [0.1, 0.15) is 39.2 Å². The van der Waals surface area contributed by atoms with E-state index in [-0.39, 0.29) is 17.4 Å². The second-order valence-electron chi connectivity index (χ2n) is 5.30. The van der Waals surface area contributed by atoms with Gasteiger partial charge in [-0.2, -0.15) is 0 Å². The second kappa shape index (κ2) is 5.36. The Hall–Kier alpha value is -1.29. The van der Waals surface area contributed by atoms with Crippen LogP contribution in [-0.2, 0) is 17.8 Å². The summed E-state index contributed by atoms with van der Waals surface area (Å²) in [5.74, 6) is 1.45. The molecule has 0 radical (unpaired) electrons. The summed E-state index contributed by atoms with van der Waals surface area (Å²) in [6.07, 6.45) is 0.874. The Morgan fingerprint density at radius 1 is 1.41 bits per heavy atom. The van der Waals surface area contributed by atoms with Crippen LogP contribution in [0.5, 0.6) is 0 Å². The van der Waals surface area contributed by atoms with Gasteiger partial charge in [-0.15, -0.1) is 0 Å². The van der Waals surface area contributed by atoms with Crippen LogP contribution < -0.4 is 11.1 Å². The third kappa shape index (κ3) is 3.89. The number of hydrogen-bond acceptors (Lipinski definition) is 3. The zero-order valence-electron chi connectivity index (χ0n) is 11.0. The maximum absolute atomic E-state index is 11.4. The number of rotatable bonds is 5. The average molecular weight is 238 g/mol. The highest BCUT2D eigenvalue weighted by atomic mass is 16.3. The van der Waals surface area contributed by atoms with Crippen LogP contribution in [0.25, 0.3) is 0 Å². The number of amides is 1. The zero-order chi connectivity index (χ0) is 13.1. The minimum absolute atomic E-state index is 0.202. The lowest BCUT2D eigenvalue weighted by Gasteiger charge is -2.28. The summed E-state index contributed by atoms with van der Waals surface area (Å²) in [5.41, 5.74) is 5.18. The van der Waals surface area contributed by atoms with E-state index < -0.39 is 0 Å². The van der Waals surface area contributed by atoms with Gasteiger partial charge in [0.1, 0.15) is 11.5 Å². The molecule has 0 aliphatic carbocycles. The van der Waals surface area contributed by atoms with Crippen molar-refractivity contribution in [2.45, 2.75) is 46.7 Å². The molecule has 1 amide bonds. The molecule has 17 heavy (non-hydrogen) atoms. The normalized spacial score (nSPS) is 13.6. The van der Waals surface area contributed by atoms with Crippen molar-refractivity contribution in [3.63, 3.8) is 0 Å². The first-order chi connectivity index (χ1) is 7.84. The highest BCUT2D eigenvalue weighted by Gasteiger charge is 2.29. The summed E-state index contributed by atoms with van der Waals surface area (Å²) in [5, 5.41) is 3.14. The quantitative estimate of drug-likeness (QED) is 0.822. The van der Waals surface area contributed by atoms with Gasteiger partial charge in [0, 0.05) is 6.42 Å². The summed E-state index contributed by atoms with van der Waals surface area (Å²) in [6.45, 7) is 8.50. The van der Waals surface area contributed by atoms with Gasteiger partial charge in [-0.25, -0.2) is 0 Å². The standard InChI is InChI=1S/C13H22N2O2/c1-5-9-6-7-10(17-9)8-15-11(12(14)16)13(2,3)4/h6-7,11,15H,5,8H2,1-4H3,(H2,14,16). The fraction of sp³-hybridized carbons (Fsp3) is 0.615. The molecule has 4 heteroatoms. The molecule has 0 aliphatic heterocycles. The van der Waals surface area contributed by atoms with Crippen molar-refractivity contribution in [1.29, 1.82) is 0 Å². The summed E-state index contributed by atoms with van der Waals surface area (Å²) in [6, 6.07) is 3.51. The molecule has 0 saturated heterocycles. The maximum Gasteiger partial charge on any atom is 0.235 e. The molecule has 0 spiro atoms. The van der Waals surface area contributed by atoms with E-state index in [0.29, 0.717) is 6.54 Å². The topological polar surface area (TPSA) is 68.3 Å². The first kappa shape index (κ1) is 13.8. The number of carbonyl (C=O) groups is 1. The van der Waals surface area contributed by atoms with Gasteiger partial charge in [0.05, 0.1) is 12.6 Å². The molecule has 1 aromatic rings. The zero-order valence-corrected chi connectivity index (χ0v) is 11.0. The maximum atomic E-state index is 11.4. The lowest BCUT2D eigenvalue weighted by Crippen LogP contribution is -2.49. The number of primary amides is 1. The van der Waals surface area contributed by atoms with Crippen molar-refractivity contribution < 1.29 is 9.21 Å². The van der Waals surface area contributed by atoms with E-state index in [4.69, 9.17) is 10.2 Å². The van der Waals surface area contributed by atoms with Gasteiger partial charge in [-0.3, -0.25) is 10.1 Å². The highest BCUT2D eigenvalue weighted by Crippen LogP contribution is 2.19. The number of nitrogens with two attached hydrogens (primary N) is 1. The molecule has 3 N–H and O–H groups in total. The Bertz CT molecular complexity index is 377. The average Bonchev–Trinajstić information content (AvgIpc) is 2.63. The third-order valence-corrected chi connectivity index (χ3v) is 2.70. The molecule has 1 heterocycles. The lowest BCUT2D eigenvalue weighted by atomic mass is 9.86. The predicted octanol–water partition coefficient (Wildman–Crippen LogP) is 1.83. The summed E-state index contributed by atoms with van der Waals surface area (Å²) in [4.78, 5) is 11.4. The summed E-state index contributed by atoms with van der Waals surface area (Å²) in [7, 11) is 0. The van der Waals surface area contributed by atoms with Crippen LogP contribution in [0.4, 0.5) is 0 Å². The second-order valence-corrected chi connectivity index (χ2v) is 5.30. The van der Waals surface area contributed by atoms with Crippen molar-refractivity contribution in [3.8, 4) is 0 Å². The summed E-state index contributed by atoms with van der Waals surface area (Å²) >= 11 is 0. The first-order valence-electron chi connectivity index (χ1n) is 5.95. The van der Waals surface area contributed by atoms with Gasteiger partial charge in [-0.05, 0) is 17.5 Å². The molecule has 0 bridgehead atoms. The van der Waals surface area contributed by atoms with Crippen LogP contribution in [0.3, 0.4) is 0 Å². The fourth-order valence-corrected chi connectivity index (χ4v) is 1.74. The van der Waals surface area contributed by atoms with E-state index in [9.17, 15) is 4.79 Å². The number of carbonyl (C=O) groups excluding carboxylic acids is 1. The van der Waals surface area contributed by atoms with Gasteiger partial charge in [0.15, 0.2) is 0 Å². The molecule has 1 aromatic heterocycles. The van der Waals surface area contributed by atoms with Gasteiger partial charge in [0.2, 0.25) is 5.91 Å². The molecule has 0 saturated carbocycles. The van der Waals surface area contributed by atoms with E-state index in [2.05, 4.69) is 5.32 Å². The van der Waals surface area contributed by atoms with Crippen molar-refractivity contribution >= 4 is 5.91 Å². The van der Waals surface area contributed by atoms with Crippen molar-refractivity contribution in [1.82, 2.24) is 5.32 Å². The lowest BCUT2D eigenvalue weighted by molar-refractivity contribution is -0.122. The SMILES string of the molecule is CCc1ccc(CNC(C(N)=O)C(C)(C)C)o1. The van der Waals surface area contributed by atoms with Gasteiger partial charge in [0.25, 0.3) is 0 Å².